The third kappa shape index (κ3) is 4.33. The van der Waals surface area contributed by atoms with E-state index in [2.05, 4.69) is 45.3 Å². The van der Waals surface area contributed by atoms with Crippen LogP contribution in [0.5, 0.6) is 0 Å². The second-order valence-electron chi connectivity index (χ2n) is 8.05. The minimum absolute atomic E-state index is 0.0539. The topological polar surface area (TPSA) is 58.1 Å². The second kappa shape index (κ2) is 8.59. The van der Waals surface area contributed by atoms with Crippen LogP contribution in [0.1, 0.15) is 59.7 Å². The van der Waals surface area contributed by atoms with Crippen LogP contribution in [-0.2, 0) is 13.0 Å². The number of carbonyl (C=O) groups excluding carboxylic acids is 1. The first-order valence-corrected chi connectivity index (χ1v) is 11.2. The third-order valence-electron chi connectivity index (χ3n) is 5.42. The number of carbonyl (C=O) groups is 1. The Morgan fingerprint density at radius 3 is 2.76 bits per heavy atom. The summed E-state index contributed by atoms with van der Waals surface area (Å²) in [6.45, 7) is 8.92. The predicted octanol–water partition coefficient (Wildman–Crippen LogP) is 4.38. The maximum Gasteiger partial charge on any atom is 0.261 e. The van der Waals surface area contributed by atoms with Gasteiger partial charge in [-0.25, -0.2) is 9.97 Å². The first kappa shape index (κ1) is 20.0. The summed E-state index contributed by atoms with van der Waals surface area (Å²) in [5, 5.41) is 4.32. The minimum Gasteiger partial charge on any atom is -0.349 e. The van der Waals surface area contributed by atoms with Crippen molar-refractivity contribution in [1.82, 2.24) is 20.2 Å². The Morgan fingerprint density at radius 1 is 1.28 bits per heavy atom. The molecule has 0 radical (unpaired) electrons. The first-order chi connectivity index (χ1) is 14.0. The number of fused-ring (bicyclic) bond motifs is 1. The molecule has 1 atom stereocenters. The molecule has 0 spiro atoms. The summed E-state index contributed by atoms with van der Waals surface area (Å²) in [6, 6.07) is 8.53. The Balaban J connectivity index is 1.57. The monoisotopic (exact) mass is 408 g/mol. The number of benzene rings is 1. The summed E-state index contributed by atoms with van der Waals surface area (Å²) in [4.78, 5) is 25.1. The van der Waals surface area contributed by atoms with E-state index in [0.29, 0.717) is 5.92 Å². The molecule has 3 heterocycles. The highest BCUT2D eigenvalue weighted by atomic mass is 32.1. The normalized spacial score (nSPS) is 17.3. The van der Waals surface area contributed by atoms with E-state index >= 15 is 0 Å². The molecule has 6 heteroatoms. The van der Waals surface area contributed by atoms with E-state index in [-0.39, 0.29) is 11.9 Å². The molecule has 4 rings (SSSR count). The molecule has 1 amide bonds. The number of likely N-dealkylation sites (tertiary alicyclic amines) is 1. The fourth-order valence-electron chi connectivity index (χ4n) is 4.08. The van der Waals surface area contributed by atoms with Gasteiger partial charge in [0.05, 0.1) is 4.88 Å². The summed E-state index contributed by atoms with van der Waals surface area (Å²) in [7, 11) is 0. The van der Waals surface area contributed by atoms with Crippen LogP contribution < -0.4 is 5.32 Å². The van der Waals surface area contributed by atoms with Crippen molar-refractivity contribution >= 4 is 27.3 Å². The Kier molecular flexibility index (Phi) is 5.92. The number of nitrogens with zero attached hydrogens (tertiary/aromatic N) is 3. The van der Waals surface area contributed by atoms with Crippen LogP contribution in [0.15, 0.2) is 36.7 Å². The highest BCUT2D eigenvalue weighted by molar-refractivity contribution is 7.21. The van der Waals surface area contributed by atoms with E-state index in [0.717, 1.165) is 48.7 Å². The molecule has 1 fully saturated rings. The summed E-state index contributed by atoms with van der Waals surface area (Å²) in [6.07, 6.45) is 5.82. The zero-order chi connectivity index (χ0) is 20.4. The van der Waals surface area contributed by atoms with E-state index in [9.17, 15) is 4.79 Å². The van der Waals surface area contributed by atoms with Gasteiger partial charge in [0, 0.05) is 54.1 Å². The summed E-state index contributed by atoms with van der Waals surface area (Å²) < 4.78 is 1.19. The quantitative estimate of drug-likeness (QED) is 0.658. The standard InChI is InChI=1S/C23H28N4OS/c1-4-20-24-11-16(12-25-20)13-27-10-9-17(14-27)21-18-7-5-6-8-19(18)29-22(21)23(28)26-15(2)3/h5-8,11-12,15,17H,4,9-10,13-14H2,1-3H3,(H,26,28)/t17-/m0/s1. The number of aromatic nitrogens is 2. The lowest BCUT2D eigenvalue weighted by molar-refractivity contribution is 0.0946. The number of rotatable bonds is 6. The number of nitrogens with one attached hydrogen (secondary N) is 1. The van der Waals surface area contributed by atoms with Gasteiger partial charge in [0.2, 0.25) is 0 Å². The molecule has 152 valence electrons. The lowest BCUT2D eigenvalue weighted by atomic mass is 9.95. The highest BCUT2D eigenvalue weighted by Crippen LogP contribution is 2.40. The Bertz CT molecular complexity index is 996. The Labute approximate surface area is 176 Å². The molecule has 29 heavy (non-hydrogen) atoms. The first-order valence-electron chi connectivity index (χ1n) is 10.4. The minimum atomic E-state index is 0.0539. The molecular formula is C23H28N4OS. The van der Waals surface area contributed by atoms with Crippen LogP contribution in [0.25, 0.3) is 10.1 Å². The maximum absolute atomic E-state index is 12.9. The van der Waals surface area contributed by atoms with Gasteiger partial charge in [-0.15, -0.1) is 11.3 Å². The molecular weight excluding hydrogens is 380 g/mol. The lowest BCUT2D eigenvalue weighted by Crippen LogP contribution is -2.30. The van der Waals surface area contributed by atoms with Crippen LogP contribution in [0, 0.1) is 0 Å². The van der Waals surface area contributed by atoms with Gasteiger partial charge in [0.25, 0.3) is 5.91 Å². The van der Waals surface area contributed by atoms with Gasteiger partial charge in [-0.2, -0.15) is 0 Å². The van der Waals surface area contributed by atoms with E-state index in [1.54, 1.807) is 11.3 Å². The third-order valence-corrected chi connectivity index (χ3v) is 6.61. The van der Waals surface area contributed by atoms with Crippen LogP contribution in [0.2, 0.25) is 0 Å². The smallest absolute Gasteiger partial charge is 0.261 e. The average Bonchev–Trinajstić information content (AvgIpc) is 3.32. The molecule has 1 aromatic carbocycles. The molecule has 1 aliphatic rings. The fourth-order valence-corrected chi connectivity index (χ4v) is 5.28. The van der Waals surface area contributed by atoms with Gasteiger partial charge in [-0.1, -0.05) is 25.1 Å². The molecule has 1 N–H and O–H groups in total. The van der Waals surface area contributed by atoms with Crippen molar-refractivity contribution in [2.24, 2.45) is 0 Å². The molecule has 3 aromatic rings. The van der Waals surface area contributed by atoms with Gasteiger partial charge in [0.1, 0.15) is 5.82 Å². The van der Waals surface area contributed by atoms with Crippen LogP contribution in [-0.4, -0.2) is 39.9 Å². The maximum atomic E-state index is 12.9. The zero-order valence-corrected chi connectivity index (χ0v) is 18.1. The van der Waals surface area contributed by atoms with Crippen molar-refractivity contribution < 1.29 is 4.79 Å². The van der Waals surface area contributed by atoms with Crippen molar-refractivity contribution in [2.45, 2.75) is 52.1 Å². The summed E-state index contributed by atoms with van der Waals surface area (Å²) in [5.41, 5.74) is 2.37. The van der Waals surface area contributed by atoms with Crippen molar-refractivity contribution in [1.29, 1.82) is 0 Å². The number of aryl methyl sites for hydroxylation is 1. The van der Waals surface area contributed by atoms with Crippen molar-refractivity contribution in [3.05, 3.63) is 58.5 Å². The van der Waals surface area contributed by atoms with E-state index in [4.69, 9.17) is 0 Å². The largest absolute Gasteiger partial charge is 0.349 e. The molecule has 0 aliphatic carbocycles. The molecule has 1 saturated heterocycles. The molecule has 0 saturated carbocycles. The average molecular weight is 409 g/mol. The molecule has 0 unspecified atom stereocenters. The fraction of sp³-hybridized carbons (Fsp3) is 0.435. The number of amides is 1. The zero-order valence-electron chi connectivity index (χ0n) is 17.3. The van der Waals surface area contributed by atoms with Crippen molar-refractivity contribution in [3.63, 3.8) is 0 Å². The summed E-state index contributed by atoms with van der Waals surface area (Å²) in [5.74, 6) is 1.31. The second-order valence-corrected chi connectivity index (χ2v) is 9.10. The predicted molar refractivity (Wildman–Crippen MR) is 118 cm³/mol. The van der Waals surface area contributed by atoms with Gasteiger partial charge in [0.15, 0.2) is 0 Å². The van der Waals surface area contributed by atoms with E-state index in [1.165, 1.54) is 15.6 Å². The number of hydrogen-bond donors (Lipinski definition) is 1. The number of thiophene rings is 1. The lowest BCUT2D eigenvalue weighted by Gasteiger charge is -2.17. The number of hydrogen-bond acceptors (Lipinski definition) is 5. The summed E-state index contributed by atoms with van der Waals surface area (Å²) >= 11 is 1.62. The van der Waals surface area contributed by atoms with Gasteiger partial charge in [-0.3, -0.25) is 9.69 Å². The van der Waals surface area contributed by atoms with Crippen LogP contribution >= 0.6 is 11.3 Å². The van der Waals surface area contributed by atoms with Crippen LogP contribution in [0.4, 0.5) is 0 Å². The van der Waals surface area contributed by atoms with Crippen molar-refractivity contribution in [3.8, 4) is 0 Å². The van der Waals surface area contributed by atoms with Gasteiger partial charge in [-0.05, 0) is 43.8 Å². The highest BCUT2D eigenvalue weighted by Gasteiger charge is 2.30. The Morgan fingerprint density at radius 2 is 2.03 bits per heavy atom. The molecule has 0 bridgehead atoms. The molecule has 5 nitrogen and oxygen atoms in total. The van der Waals surface area contributed by atoms with Crippen LogP contribution in [0.3, 0.4) is 0 Å². The van der Waals surface area contributed by atoms with E-state index in [1.807, 2.05) is 32.3 Å². The molecule has 2 aromatic heterocycles. The van der Waals surface area contributed by atoms with E-state index < -0.39 is 0 Å². The Hall–Kier alpha value is -2.31. The SMILES string of the molecule is CCc1ncc(CN2CC[C@H](c3c(C(=O)NC(C)C)sc4ccccc34)C2)cn1. The van der Waals surface area contributed by atoms with Crippen molar-refractivity contribution in [2.75, 3.05) is 13.1 Å². The van der Waals surface area contributed by atoms with Gasteiger partial charge >= 0.3 is 0 Å². The van der Waals surface area contributed by atoms with Gasteiger partial charge < -0.3 is 5.32 Å². The molecule has 1 aliphatic heterocycles.